The number of amides is 4. The maximum atomic E-state index is 13.4. The molecule has 4 N–H and O–H groups in total. The predicted molar refractivity (Wildman–Crippen MR) is 134 cm³/mol. The zero-order valence-corrected chi connectivity index (χ0v) is 19.9. The first-order valence-corrected chi connectivity index (χ1v) is 11.6. The van der Waals surface area contributed by atoms with E-state index in [0.717, 1.165) is 16.7 Å². The molecule has 1 aliphatic heterocycles. The van der Waals surface area contributed by atoms with Crippen molar-refractivity contribution in [2.24, 2.45) is 5.73 Å². The van der Waals surface area contributed by atoms with E-state index in [1.54, 1.807) is 18.2 Å². The average Bonchev–Trinajstić information content (AvgIpc) is 3.34. The lowest BCUT2D eigenvalue weighted by Crippen LogP contribution is -2.54. The first kappa shape index (κ1) is 24.9. The third kappa shape index (κ3) is 5.69. The van der Waals surface area contributed by atoms with E-state index in [9.17, 15) is 18.8 Å². The Hall–Kier alpha value is -4.24. The van der Waals surface area contributed by atoms with Gasteiger partial charge in [-0.25, -0.2) is 9.18 Å². The monoisotopic (exact) mass is 489 g/mol. The van der Waals surface area contributed by atoms with Crippen LogP contribution in [0.1, 0.15) is 27.0 Å². The summed E-state index contributed by atoms with van der Waals surface area (Å²) in [5.41, 5.74) is 9.21. The highest BCUT2D eigenvalue weighted by molar-refractivity contribution is 6.00. The lowest BCUT2D eigenvalue weighted by Gasteiger charge is -2.29. The van der Waals surface area contributed by atoms with Gasteiger partial charge < -0.3 is 21.3 Å². The van der Waals surface area contributed by atoms with Gasteiger partial charge in [-0.1, -0.05) is 42.0 Å². The van der Waals surface area contributed by atoms with Crippen molar-refractivity contribution in [2.45, 2.75) is 26.2 Å². The molecule has 4 rings (SSSR count). The Morgan fingerprint density at radius 1 is 0.944 bits per heavy atom. The fourth-order valence-electron chi connectivity index (χ4n) is 4.16. The Labute approximate surface area is 208 Å². The Morgan fingerprint density at radius 3 is 2.36 bits per heavy atom. The molecule has 0 aromatic heterocycles. The number of rotatable bonds is 6. The molecule has 1 fully saturated rings. The van der Waals surface area contributed by atoms with Crippen molar-refractivity contribution in [2.75, 3.05) is 18.4 Å². The first-order chi connectivity index (χ1) is 17.4. The van der Waals surface area contributed by atoms with Gasteiger partial charge in [0.1, 0.15) is 5.82 Å². The van der Waals surface area contributed by atoms with Crippen molar-refractivity contribution in [1.82, 2.24) is 15.1 Å². The van der Waals surface area contributed by atoms with Crippen LogP contribution in [0.25, 0.3) is 0 Å². The number of nitrogens with one attached hydrogen (secondary N) is 2. The lowest BCUT2D eigenvalue weighted by molar-refractivity contribution is -0.128. The van der Waals surface area contributed by atoms with Crippen molar-refractivity contribution in [3.63, 3.8) is 0 Å². The molecule has 8 nitrogen and oxygen atoms in total. The zero-order chi connectivity index (χ0) is 25.7. The number of aryl methyl sites for hydroxylation is 1. The van der Waals surface area contributed by atoms with Crippen molar-refractivity contribution in [3.05, 3.63) is 101 Å². The van der Waals surface area contributed by atoms with Crippen LogP contribution in [0.4, 0.5) is 14.9 Å². The summed E-state index contributed by atoms with van der Waals surface area (Å²) in [5.74, 6) is -1.26. The first-order valence-electron chi connectivity index (χ1n) is 11.6. The highest BCUT2D eigenvalue weighted by atomic mass is 19.1. The molecule has 3 aromatic rings. The van der Waals surface area contributed by atoms with Gasteiger partial charge in [0, 0.05) is 37.4 Å². The quantitative estimate of drug-likeness (QED) is 0.494. The van der Waals surface area contributed by atoms with Crippen LogP contribution in [0.15, 0.2) is 72.8 Å². The molecule has 1 unspecified atom stereocenters. The van der Waals surface area contributed by atoms with E-state index in [0.29, 0.717) is 17.8 Å². The van der Waals surface area contributed by atoms with Crippen LogP contribution in [0.2, 0.25) is 0 Å². The Kier molecular flexibility index (Phi) is 7.60. The minimum Gasteiger partial charge on any atom is -0.349 e. The average molecular weight is 490 g/mol. The van der Waals surface area contributed by atoms with Crippen LogP contribution in [-0.2, 0) is 17.9 Å². The molecule has 36 heavy (non-hydrogen) atoms. The molecule has 1 aliphatic rings. The number of hydrogen-bond donors (Lipinski definition) is 3. The highest BCUT2D eigenvalue weighted by Crippen LogP contribution is 2.21. The van der Waals surface area contributed by atoms with Crippen molar-refractivity contribution < 1.29 is 18.8 Å². The second-order valence-corrected chi connectivity index (χ2v) is 8.61. The largest absolute Gasteiger partial charge is 0.349 e. The normalized spacial score (nSPS) is 15.0. The van der Waals surface area contributed by atoms with Gasteiger partial charge in [-0.3, -0.25) is 14.5 Å². The van der Waals surface area contributed by atoms with Gasteiger partial charge in [0.05, 0.1) is 0 Å². The Balaban J connectivity index is 1.56. The summed E-state index contributed by atoms with van der Waals surface area (Å²) in [7, 11) is 0. The summed E-state index contributed by atoms with van der Waals surface area (Å²) in [5, 5.41) is 5.53. The topological polar surface area (TPSA) is 108 Å². The van der Waals surface area contributed by atoms with E-state index in [2.05, 4.69) is 10.6 Å². The van der Waals surface area contributed by atoms with Crippen molar-refractivity contribution in [1.29, 1.82) is 0 Å². The van der Waals surface area contributed by atoms with Gasteiger partial charge in [0.25, 0.3) is 11.8 Å². The zero-order valence-electron chi connectivity index (χ0n) is 19.9. The molecule has 9 heteroatoms. The summed E-state index contributed by atoms with van der Waals surface area (Å²) >= 11 is 0. The van der Waals surface area contributed by atoms with Crippen molar-refractivity contribution in [3.8, 4) is 0 Å². The molecular formula is C27H28FN5O3. The van der Waals surface area contributed by atoms with Crippen LogP contribution in [0, 0.1) is 12.7 Å². The number of halogens is 1. The second kappa shape index (κ2) is 11.0. The third-order valence-corrected chi connectivity index (χ3v) is 5.98. The molecule has 0 bridgehead atoms. The summed E-state index contributed by atoms with van der Waals surface area (Å²) < 4.78 is 13.3. The molecule has 1 heterocycles. The van der Waals surface area contributed by atoms with E-state index in [1.165, 1.54) is 34.1 Å². The van der Waals surface area contributed by atoms with Gasteiger partial charge in [-0.2, -0.15) is 0 Å². The molecular weight excluding hydrogens is 461 g/mol. The van der Waals surface area contributed by atoms with Crippen LogP contribution >= 0.6 is 0 Å². The number of carbonyl (C=O) groups is 3. The molecule has 0 radical (unpaired) electrons. The minimum atomic E-state index is -1.16. The van der Waals surface area contributed by atoms with E-state index in [4.69, 9.17) is 5.73 Å². The minimum absolute atomic E-state index is 0.158. The van der Waals surface area contributed by atoms with Crippen LogP contribution < -0.4 is 16.4 Å². The second-order valence-electron chi connectivity index (χ2n) is 8.61. The van der Waals surface area contributed by atoms with E-state index in [1.807, 2.05) is 37.3 Å². The number of hydrogen-bond acceptors (Lipinski definition) is 4. The number of benzene rings is 3. The highest BCUT2D eigenvalue weighted by Gasteiger charge is 2.43. The summed E-state index contributed by atoms with van der Waals surface area (Å²) in [4.78, 5) is 42.6. The SMILES string of the molecule is Cc1cccc(C(=O)N2CCN(C(=O)Nc3ccc(F)cc3)C2C(=O)NCc2cccc(CN)c2)c1. The van der Waals surface area contributed by atoms with Crippen LogP contribution in [-0.4, -0.2) is 46.9 Å². The Bertz CT molecular complexity index is 1260. The number of nitrogens with zero attached hydrogens (tertiary/aromatic N) is 2. The summed E-state index contributed by atoms with van der Waals surface area (Å²) in [6, 6.07) is 19.3. The molecule has 0 saturated carbocycles. The standard InChI is InChI=1S/C27H28FN5O3/c1-18-4-2-7-21(14-18)26(35)32-12-13-33(27(36)31-23-10-8-22(28)9-11-23)25(32)24(34)30-17-20-6-3-5-19(15-20)16-29/h2-11,14-15,25H,12-13,16-17,29H2,1H3,(H,30,34)(H,31,36). The third-order valence-electron chi connectivity index (χ3n) is 5.98. The maximum absolute atomic E-state index is 13.4. The summed E-state index contributed by atoms with van der Waals surface area (Å²) in [6.07, 6.45) is -1.16. The number of nitrogens with two attached hydrogens (primary N) is 1. The van der Waals surface area contributed by atoms with Crippen LogP contribution in [0.3, 0.4) is 0 Å². The molecule has 186 valence electrons. The molecule has 3 aromatic carbocycles. The molecule has 1 saturated heterocycles. The fraction of sp³-hybridized carbons (Fsp3) is 0.222. The number of urea groups is 1. The fourth-order valence-corrected chi connectivity index (χ4v) is 4.16. The number of anilines is 1. The molecule has 0 spiro atoms. The maximum Gasteiger partial charge on any atom is 0.323 e. The van der Waals surface area contributed by atoms with Gasteiger partial charge >= 0.3 is 6.03 Å². The van der Waals surface area contributed by atoms with E-state index >= 15 is 0 Å². The van der Waals surface area contributed by atoms with Crippen LogP contribution in [0.5, 0.6) is 0 Å². The van der Waals surface area contributed by atoms with E-state index < -0.39 is 23.9 Å². The van der Waals surface area contributed by atoms with Gasteiger partial charge in [-0.15, -0.1) is 0 Å². The van der Waals surface area contributed by atoms with Crippen molar-refractivity contribution >= 4 is 23.5 Å². The van der Waals surface area contributed by atoms with E-state index in [-0.39, 0.29) is 25.5 Å². The smallest absolute Gasteiger partial charge is 0.323 e. The summed E-state index contributed by atoms with van der Waals surface area (Å²) in [6.45, 7) is 2.81. The van der Waals surface area contributed by atoms with Gasteiger partial charge in [0.15, 0.2) is 6.17 Å². The molecule has 0 aliphatic carbocycles. The molecule has 4 amide bonds. The lowest BCUT2D eigenvalue weighted by atomic mass is 10.1. The Morgan fingerprint density at radius 2 is 1.64 bits per heavy atom. The van der Waals surface area contributed by atoms with Gasteiger partial charge in [0.2, 0.25) is 0 Å². The van der Waals surface area contributed by atoms with Gasteiger partial charge in [-0.05, 0) is 54.4 Å². The number of carbonyl (C=O) groups excluding carboxylic acids is 3. The molecule has 1 atom stereocenters. The predicted octanol–water partition coefficient (Wildman–Crippen LogP) is 3.23.